The van der Waals surface area contributed by atoms with Crippen molar-refractivity contribution in [1.82, 2.24) is 4.90 Å². The van der Waals surface area contributed by atoms with E-state index in [1.165, 1.54) is 5.56 Å². The van der Waals surface area contributed by atoms with E-state index in [4.69, 9.17) is 9.47 Å². The molecule has 6 heteroatoms. The molecule has 0 saturated carbocycles. The van der Waals surface area contributed by atoms with Crippen LogP contribution in [-0.2, 0) is 16.0 Å². The van der Waals surface area contributed by atoms with Gasteiger partial charge in [0.2, 0.25) is 11.8 Å². The molecule has 2 aromatic carbocycles. The van der Waals surface area contributed by atoms with E-state index in [1.54, 1.807) is 24.0 Å². The highest BCUT2D eigenvalue weighted by molar-refractivity contribution is 5.93. The quantitative estimate of drug-likeness (QED) is 0.769. The number of hydrogen-bond donors (Lipinski definition) is 1. The molecule has 2 aromatic rings. The third-order valence-electron chi connectivity index (χ3n) is 5.03. The van der Waals surface area contributed by atoms with Crippen LogP contribution in [0.4, 0.5) is 5.69 Å². The number of carbonyl (C=O) groups excluding carboxylic acids is 2. The predicted molar refractivity (Wildman–Crippen MR) is 112 cm³/mol. The third kappa shape index (κ3) is 4.88. The molecule has 1 heterocycles. The number of amides is 2. The lowest BCUT2D eigenvalue weighted by molar-refractivity contribution is -0.132. The minimum atomic E-state index is -0.275. The summed E-state index contributed by atoms with van der Waals surface area (Å²) in [5, 5.41) is 2.95. The van der Waals surface area contributed by atoms with E-state index in [0.29, 0.717) is 36.9 Å². The van der Waals surface area contributed by atoms with Gasteiger partial charge in [0.15, 0.2) is 0 Å². The largest absolute Gasteiger partial charge is 0.494 e. The highest BCUT2D eigenvalue weighted by Crippen LogP contribution is 2.34. The Hall–Kier alpha value is -3.02. The van der Waals surface area contributed by atoms with Crippen LogP contribution in [0, 0.1) is 0 Å². The zero-order chi connectivity index (χ0) is 20.8. The van der Waals surface area contributed by atoms with Crippen molar-refractivity contribution in [2.24, 2.45) is 0 Å². The second-order valence-corrected chi connectivity index (χ2v) is 6.95. The third-order valence-corrected chi connectivity index (χ3v) is 5.03. The Balaban J connectivity index is 1.82. The number of nitrogens with one attached hydrogen (secondary N) is 1. The predicted octanol–water partition coefficient (Wildman–Crippen LogP) is 3.96. The highest BCUT2D eigenvalue weighted by atomic mass is 16.5. The molecule has 154 valence electrons. The van der Waals surface area contributed by atoms with E-state index < -0.39 is 0 Å². The number of carbonyl (C=O) groups is 2. The molecule has 3 rings (SSSR count). The Morgan fingerprint density at radius 3 is 2.59 bits per heavy atom. The number of benzene rings is 2. The van der Waals surface area contributed by atoms with E-state index in [1.807, 2.05) is 38.1 Å². The lowest BCUT2D eigenvalue weighted by Gasteiger charge is -2.36. The number of fused-ring (bicyclic) bond motifs is 1. The van der Waals surface area contributed by atoms with E-state index in [0.717, 1.165) is 12.0 Å². The van der Waals surface area contributed by atoms with Gasteiger partial charge in [-0.05, 0) is 43.5 Å². The summed E-state index contributed by atoms with van der Waals surface area (Å²) < 4.78 is 11.2. The van der Waals surface area contributed by atoms with Gasteiger partial charge in [-0.15, -0.1) is 0 Å². The normalized spacial score (nSPS) is 15.4. The Morgan fingerprint density at radius 2 is 1.86 bits per heavy atom. The first kappa shape index (κ1) is 20.7. The molecule has 1 N–H and O–H groups in total. The van der Waals surface area contributed by atoms with Crippen molar-refractivity contribution in [3.63, 3.8) is 0 Å². The topological polar surface area (TPSA) is 67.9 Å². The number of ether oxygens (including phenoxy) is 2. The molecule has 1 atom stereocenters. The van der Waals surface area contributed by atoms with E-state index in [2.05, 4.69) is 11.4 Å². The van der Waals surface area contributed by atoms with Crippen molar-refractivity contribution in [2.45, 2.75) is 39.7 Å². The van der Waals surface area contributed by atoms with Gasteiger partial charge in [-0.25, -0.2) is 0 Å². The van der Waals surface area contributed by atoms with Gasteiger partial charge >= 0.3 is 0 Å². The summed E-state index contributed by atoms with van der Waals surface area (Å²) in [6.45, 7) is 7.00. The minimum absolute atomic E-state index is 0.0225. The van der Waals surface area contributed by atoms with Crippen molar-refractivity contribution >= 4 is 17.5 Å². The average Bonchev–Trinajstić information content (AvgIpc) is 2.70. The van der Waals surface area contributed by atoms with Crippen molar-refractivity contribution in [3.8, 4) is 11.5 Å². The summed E-state index contributed by atoms with van der Waals surface area (Å²) in [4.78, 5) is 26.9. The maximum Gasteiger partial charge on any atom is 0.226 e. The summed E-state index contributed by atoms with van der Waals surface area (Å²) in [5.41, 5.74) is 2.80. The molecule has 1 aliphatic heterocycles. The van der Waals surface area contributed by atoms with Crippen LogP contribution in [0.15, 0.2) is 42.5 Å². The maximum absolute atomic E-state index is 12.9. The molecule has 1 aliphatic rings. The second kappa shape index (κ2) is 9.45. The van der Waals surface area contributed by atoms with Gasteiger partial charge in [0.1, 0.15) is 11.5 Å². The van der Waals surface area contributed by atoms with Crippen LogP contribution in [0.25, 0.3) is 0 Å². The van der Waals surface area contributed by atoms with Crippen LogP contribution in [0.3, 0.4) is 0 Å². The molecule has 0 aliphatic carbocycles. The first-order valence-electron chi connectivity index (χ1n) is 10.1. The summed E-state index contributed by atoms with van der Waals surface area (Å²) in [5.74, 6) is 1.06. The number of anilines is 1. The average molecular weight is 396 g/mol. The molecular formula is C23H28N2O4. The molecule has 2 amide bonds. The Labute approximate surface area is 171 Å². The molecule has 0 aromatic heterocycles. The fourth-order valence-electron chi connectivity index (χ4n) is 3.77. The Bertz CT molecular complexity index is 881. The van der Waals surface area contributed by atoms with Gasteiger partial charge in [0.25, 0.3) is 0 Å². The molecule has 0 radical (unpaired) electrons. The Kier molecular flexibility index (Phi) is 6.75. The van der Waals surface area contributed by atoms with Crippen molar-refractivity contribution in [3.05, 3.63) is 53.6 Å². The zero-order valence-corrected chi connectivity index (χ0v) is 17.2. The smallest absolute Gasteiger partial charge is 0.226 e. The molecule has 0 bridgehead atoms. The second-order valence-electron chi connectivity index (χ2n) is 6.95. The van der Waals surface area contributed by atoms with Crippen LogP contribution in [0.2, 0.25) is 0 Å². The fraction of sp³-hybridized carbons (Fsp3) is 0.391. The molecule has 0 spiro atoms. The maximum atomic E-state index is 12.9. The monoisotopic (exact) mass is 396 g/mol. The van der Waals surface area contributed by atoms with Crippen LogP contribution >= 0.6 is 0 Å². The number of nitrogens with zero attached hydrogens (tertiary/aromatic N) is 1. The van der Waals surface area contributed by atoms with Crippen LogP contribution < -0.4 is 14.8 Å². The lowest BCUT2D eigenvalue weighted by atomic mass is 9.90. The van der Waals surface area contributed by atoms with Crippen molar-refractivity contribution in [2.75, 3.05) is 25.1 Å². The van der Waals surface area contributed by atoms with Gasteiger partial charge in [0.05, 0.1) is 31.4 Å². The summed E-state index contributed by atoms with van der Waals surface area (Å²) in [6, 6.07) is 13.1. The SMILES string of the molecule is CCOc1ccc(OCC)c(NC(=O)CC2c3ccccc3CCN2C(C)=O)c1. The zero-order valence-electron chi connectivity index (χ0n) is 17.2. The van der Waals surface area contributed by atoms with Crippen molar-refractivity contribution in [1.29, 1.82) is 0 Å². The van der Waals surface area contributed by atoms with Gasteiger partial charge in [-0.3, -0.25) is 9.59 Å². The van der Waals surface area contributed by atoms with E-state index in [9.17, 15) is 9.59 Å². The van der Waals surface area contributed by atoms with Crippen molar-refractivity contribution < 1.29 is 19.1 Å². The van der Waals surface area contributed by atoms with Gasteiger partial charge < -0.3 is 19.7 Å². The number of rotatable bonds is 7. The van der Waals surface area contributed by atoms with Gasteiger partial charge in [0, 0.05) is 19.5 Å². The number of hydrogen-bond acceptors (Lipinski definition) is 4. The van der Waals surface area contributed by atoms with Gasteiger partial charge in [-0.2, -0.15) is 0 Å². The van der Waals surface area contributed by atoms with E-state index >= 15 is 0 Å². The molecule has 6 nitrogen and oxygen atoms in total. The summed E-state index contributed by atoms with van der Waals surface area (Å²) in [6.07, 6.45) is 0.986. The van der Waals surface area contributed by atoms with Crippen LogP contribution in [-0.4, -0.2) is 36.5 Å². The summed E-state index contributed by atoms with van der Waals surface area (Å²) in [7, 11) is 0. The summed E-state index contributed by atoms with van der Waals surface area (Å²) >= 11 is 0. The standard InChI is InChI=1S/C23H28N2O4/c1-4-28-18-10-11-22(29-5-2)20(14-18)24-23(27)15-21-19-9-7-6-8-17(19)12-13-25(21)16(3)26/h6-11,14,21H,4-5,12-13,15H2,1-3H3,(H,24,27). The molecule has 29 heavy (non-hydrogen) atoms. The minimum Gasteiger partial charge on any atom is -0.494 e. The van der Waals surface area contributed by atoms with Crippen LogP contribution in [0.1, 0.15) is 44.4 Å². The lowest BCUT2D eigenvalue weighted by Crippen LogP contribution is -2.40. The Morgan fingerprint density at radius 1 is 1.10 bits per heavy atom. The first-order valence-corrected chi connectivity index (χ1v) is 10.1. The van der Waals surface area contributed by atoms with Crippen LogP contribution in [0.5, 0.6) is 11.5 Å². The van der Waals surface area contributed by atoms with Gasteiger partial charge in [-0.1, -0.05) is 24.3 Å². The fourth-order valence-corrected chi connectivity index (χ4v) is 3.77. The molecular weight excluding hydrogens is 368 g/mol. The highest BCUT2D eigenvalue weighted by Gasteiger charge is 2.30. The molecule has 0 fully saturated rings. The first-order chi connectivity index (χ1) is 14.0. The molecule has 0 saturated heterocycles. The van der Waals surface area contributed by atoms with E-state index in [-0.39, 0.29) is 24.3 Å². The molecule has 1 unspecified atom stereocenters.